The second kappa shape index (κ2) is 6.62. The van der Waals surface area contributed by atoms with Crippen LogP contribution in [0, 0.1) is 0 Å². The predicted molar refractivity (Wildman–Crippen MR) is 113 cm³/mol. The lowest BCUT2D eigenvalue weighted by atomic mass is 9.93. The molecule has 0 unspecified atom stereocenters. The van der Waals surface area contributed by atoms with E-state index in [1.165, 1.54) is 27.1 Å². The number of ether oxygens (including phenoxy) is 1. The summed E-state index contributed by atoms with van der Waals surface area (Å²) in [6, 6.07) is 37.6. The molecule has 5 aromatic carbocycles. The Morgan fingerprint density at radius 2 is 1.07 bits per heavy atom. The smallest absolute Gasteiger partial charge is 0.135 e. The van der Waals surface area contributed by atoms with Crippen LogP contribution in [0.4, 0.5) is 0 Å². The summed E-state index contributed by atoms with van der Waals surface area (Å²) in [4.78, 5) is 0. The summed E-state index contributed by atoms with van der Waals surface area (Å²) >= 11 is 0. The van der Waals surface area contributed by atoms with Crippen LogP contribution in [0.5, 0.6) is 11.5 Å². The number of hydrogen-bond acceptors (Lipinski definition) is 1. The van der Waals surface area contributed by atoms with Gasteiger partial charge >= 0.3 is 0 Å². The van der Waals surface area contributed by atoms with Crippen molar-refractivity contribution in [1.29, 1.82) is 0 Å². The maximum atomic E-state index is 6.32. The number of benzene rings is 5. The minimum absolute atomic E-state index is 0.842. The number of hydrogen-bond donors (Lipinski definition) is 0. The second-order valence-electron chi connectivity index (χ2n) is 6.60. The molecular weight excluding hydrogens is 328 g/mol. The Kier molecular flexibility index (Phi) is 3.84. The van der Waals surface area contributed by atoms with Crippen molar-refractivity contribution >= 4 is 21.5 Å². The van der Waals surface area contributed by atoms with E-state index in [0.717, 1.165) is 17.1 Å². The van der Waals surface area contributed by atoms with Crippen molar-refractivity contribution in [3.63, 3.8) is 0 Å². The van der Waals surface area contributed by atoms with Gasteiger partial charge in [0, 0.05) is 5.56 Å². The average Bonchev–Trinajstić information content (AvgIpc) is 2.74. The van der Waals surface area contributed by atoms with Crippen molar-refractivity contribution < 1.29 is 4.74 Å². The molecule has 0 aliphatic rings. The van der Waals surface area contributed by atoms with Crippen LogP contribution < -0.4 is 4.74 Å². The monoisotopic (exact) mass is 346 g/mol. The molecule has 128 valence electrons. The first-order valence-electron chi connectivity index (χ1n) is 9.13. The van der Waals surface area contributed by atoms with Crippen LogP contribution >= 0.6 is 0 Å². The summed E-state index contributed by atoms with van der Waals surface area (Å²) < 4.78 is 6.32. The molecule has 1 heteroatoms. The Hall–Kier alpha value is -3.58. The third-order valence-electron chi connectivity index (χ3n) is 4.92. The molecule has 1 nitrogen and oxygen atoms in total. The summed E-state index contributed by atoms with van der Waals surface area (Å²) in [6.45, 7) is 0. The molecule has 5 aromatic rings. The van der Waals surface area contributed by atoms with Crippen molar-refractivity contribution in [2.24, 2.45) is 0 Å². The van der Waals surface area contributed by atoms with Crippen LogP contribution in [0.2, 0.25) is 0 Å². The molecule has 0 atom stereocenters. The number of fused-ring (bicyclic) bond motifs is 2. The molecule has 5 rings (SSSR count). The van der Waals surface area contributed by atoms with E-state index in [1.807, 2.05) is 30.3 Å². The van der Waals surface area contributed by atoms with Gasteiger partial charge in [-0.25, -0.2) is 0 Å². The Labute approximate surface area is 158 Å². The predicted octanol–water partition coefficient (Wildman–Crippen LogP) is 7.45. The maximum Gasteiger partial charge on any atom is 0.135 e. The third-order valence-corrected chi connectivity index (χ3v) is 4.92. The Bertz CT molecular complexity index is 1230. The van der Waals surface area contributed by atoms with E-state index in [0.29, 0.717) is 0 Å². The first kappa shape index (κ1) is 15.7. The SMILES string of the molecule is c1ccc(Oc2ccc3ccccc3c2-c2cccc3ccccc23)cc1. The molecular formula is C26H18O. The van der Waals surface area contributed by atoms with Gasteiger partial charge in [0.05, 0.1) is 0 Å². The molecule has 0 heterocycles. The van der Waals surface area contributed by atoms with Gasteiger partial charge in [-0.15, -0.1) is 0 Å². The van der Waals surface area contributed by atoms with Gasteiger partial charge in [-0.05, 0) is 45.3 Å². The summed E-state index contributed by atoms with van der Waals surface area (Å²) in [5, 5.41) is 4.87. The fourth-order valence-electron chi connectivity index (χ4n) is 3.67. The van der Waals surface area contributed by atoms with Crippen LogP contribution in [0.25, 0.3) is 32.7 Å². The largest absolute Gasteiger partial charge is 0.457 e. The van der Waals surface area contributed by atoms with E-state index in [-0.39, 0.29) is 0 Å². The molecule has 0 amide bonds. The van der Waals surface area contributed by atoms with Gasteiger partial charge < -0.3 is 4.74 Å². The van der Waals surface area contributed by atoms with E-state index >= 15 is 0 Å². The van der Waals surface area contributed by atoms with E-state index in [4.69, 9.17) is 4.74 Å². The molecule has 0 spiro atoms. The minimum atomic E-state index is 0.842. The van der Waals surface area contributed by atoms with Crippen LogP contribution in [-0.2, 0) is 0 Å². The molecule has 0 radical (unpaired) electrons. The lowest BCUT2D eigenvalue weighted by molar-refractivity contribution is 0.485. The zero-order chi connectivity index (χ0) is 18.1. The Balaban J connectivity index is 1.82. The molecule has 0 bridgehead atoms. The zero-order valence-corrected chi connectivity index (χ0v) is 14.8. The zero-order valence-electron chi connectivity index (χ0n) is 14.8. The van der Waals surface area contributed by atoms with E-state index in [1.54, 1.807) is 0 Å². The molecule has 0 aliphatic heterocycles. The van der Waals surface area contributed by atoms with Gasteiger partial charge in [0.25, 0.3) is 0 Å². The Morgan fingerprint density at radius 1 is 0.444 bits per heavy atom. The van der Waals surface area contributed by atoms with Crippen molar-refractivity contribution in [2.45, 2.75) is 0 Å². The highest BCUT2D eigenvalue weighted by molar-refractivity contribution is 6.07. The van der Waals surface area contributed by atoms with Crippen molar-refractivity contribution in [3.05, 3.63) is 109 Å². The lowest BCUT2D eigenvalue weighted by Crippen LogP contribution is -1.91. The fourth-order valence-corrected chi connectivity index (χ4v) is 3.67. The van der Waals surface area contributed by atoms with Crippen LogP contribution in [0.3, 0.4) is 0 Å². The summed E-state index contributed by atoms with van der Waals surface area (Å²) in [5.41, 5.74) is 2.32. The lowest BCUT2D eigenvalue weighted by Gasteiger charge is -2.16. The van der Waals surface area contributed by atoms with Gasteiger partial charge in [-0.1, -0.05) is 91.0 Å². The standard InChI is InChI=1S/C26H18O/c1-2-12-21(13-3-1)27-25-18-17-20-10-5-7-15-23(20)26(25)24-16-8-11-19-9-4-6-14-22(19)24/h1-18H. The molecule has 0 fully saturated rings. The Morgan fingerprint density at radius 3 is 1.89 bits per heavy atom. The van der Waals surface area contributed by atoms with Crippen molar-refractivity contribution in [1.82, 2.24) is 0 Å². The van der Waals surface area contributed by atoms with E-state index < -0.39 is 0 Å². The topological polar surface area (TPSA) is 9.23 Å². The quantitative estimate of drug-likeness (QED) is 0.329. The molecule has 0 saturated carbocycles. The fraction of sp³-hybridized carbons (Fsp3) is 0. The average molecular weight is 346 g/mol. The van der Waals surface area contributed by atoms with Crippen molar-refractivity contribution in [3.8, 4) is 22.6 Å². The molecule has 0 saturated heterocycles. The van der Waals surface area contributed by atoms with Crippen molar-refractivity contribution in [2.75, 3.05) is 0 Å². The molecule has 0 aliphatic carbocycles. The van der Waals surface area contributed by atoms with Crippen LogP contribution in [0.1, 0.15) is 0 Å². The maximum absolute atomic E-state index is 6.32. The first-order valence-corrected chi connectivity index (χ1v) is 9.13. The highest BCUT2D eigenvalue weighted by Gasteiger charge is 2.14. The van der Waals surface area contributed by atoms with Gasteiger partial charge in [0.1, 0.15) is 11.5 Å². The van der Waals surface area contributed by atoms with Crippen LogP contribution in [-0.4, -0.2) is 0 Å². The summed E-state index contributed by atoms with van der Waals surface area (Å²) in [5.74, 6) is 1.71. The van der Waals surface area contributed by atoms with E-state index in [9.17, 15) is 0 Å². The van der Waals surface area contributed by atoms with Gasteiger partial charge in [0.15, 0.2) is 0 Å². The molecule has 27 heavy (non-hydrogen) atoms. The number of para-hydroxylation sites is 1. The van der Waals surface area contributed by atoms with Gasteiger partial charge in [-0.3, -0.25) is 0 Å². The van der Waals surface area contributed by atoms with Crippen LogP contribution in [0.15, 0.2) is 109 Å². The summed E-state index contributed by atoms with van der Waals surface area (Å²) in [7, 11) is 0. The molecule has 0 N–H and O–H groups in total. The normalized spacial score (nSPS) is 11.0. The highest BCUT2D eigenvalue weighted by atomic mass is 16.5. The summed E-state index contributed by atoms with van der Waals surface area (Å²) in [6.07, 6.45) is 0. The van der Waals surface area contributed by atoms with Gasteiger partial charge in [0.2, 0.25) is 0 Å². The first-order chi connectivity index (χ1) is 13.4. The highest BCUT2D eigenvalue weighted by Crippen LogP contribution is 2.41. The third kappa shape index (κ3) is 2.84. The van der Waals surface area contributed by atoms with E-state index in [2.05, 4.69) is 78.9 Å². The second-order valence-corrected chi connectivity index (χ2v) is 6.60. The van der Waals surface area contributed by atoms with Gasteiger partial charge in [-0.2, -0.15) is 0 Å². The minimum Gasteiger partial charge on any atom is -0.457 e. The number of rotatable bonds is 3. The molecule has 0 aromatic heterocycles.